The fraction of sp³-hybridized carbons (Fsp3) is 0.723. The molecule has 12 atom stereocenters. The van der Waals surface area contributed by atoms with Crippen molar-refractivity contribution in [3.05, 3.63) is 134 Å². The van der Waals surface area contributed by atoms with E-state index in [4.69, 9.17) is 18.9 Å². The standard InChI is InChI=1S/C83H141NO13/c1-3-5-7-9-11-13-15-17-19-21-23-25-27-29-31-33-34-35-36-37-38-39-41-43-45-47-49-51-53-55-57-59-61-63-65-67-75(88)84-71(70-94-82-80(93)78(91)81(74(69-86)96-82)97-83-79(92)77(90)76(89)73(68-85)95-83)72(87)66-64-62-60-58-56-54-52-50-48-46-44-42-40-32-30-28-26-24-22-20-18-16-14-12-10-8-6-4-2/h5,7,11,13,17,19,23,25,29,31,34-35,37-38,41,43,47,49,53,55,64,66,71-74,76-83,85-87,89-93H,3-4,6,8-10,12,14-16,18,20-22,24,26-28,30,32-33,36,39-40,42,44-46,48,50-52,54,56-63,65,67-70H2,1-2H3,(H,84,88)/b7-5-,13-11-,19-17-,25-23-,31-29-,35-34-,38-37-,43-41-,49-47-,55-53-,66-64+. The molecule has 2 heterocycles. The van der Waals surface area contributed by atoms with Gasteiger partial charge in [0.25, 0.3) is 0 Å². The van der Waals surface area contributed by atoms with Crippen molar-refractivity contribution in [3.63, 3.8) is 0 Å². The number of carbonyl (C=O) groups excluding carboxylic acids is 1. The molecule has 0 aliphatic carbocycles. The van der Waals surface area contributed by atoms with Gasteiger partial charge in [-0.1, -0.05) is 321 Å². The monoisotopic (exact) mass is 1360 g/mol. The summed E-state index contributed by atoms with van der Waals surface area (Å²) in [5.41, 5.74) is 0. The van der Waals surface area contributed by atoms with Gasteiger partial charge < -0.3 is 65.1 Å². The topological polar surface area (TPSA) is 228 Å². The normalized spacial score (nSPS) is 22.9. The molecule has 1 amide bonds. The van der Waals surface area contributed by atoms with Crippen LogP contribution in [0.2, 0.25) is 0 Å². The van der Waals surface area contributed by atoms with E-state index in [2.05, 4.69) is 141 Å². The molecule has 2 aliphatic rings. The molecule has 12 unspecified atom stereocenters. The second-order valence-electron chi connectivity index (χ2n) is 26.8. The maximum Gasteiger partial charge on any atom is 0.220 e. The van der Waals surface area contributed by atoms with Crippen LogP contribution in [0.1, 0.15) is 290 Å². The van der Waals surface area contributed by atoms with Crippen molar-refractivity contribution < 1.29 is 64.6 Å². The Bertz CT molecular complexity index is 2140. The molecule has 14 heteroatoms. The van der Waals surface area contributed by atoms with Crippen molar-refractivity contribution in [2.24, 2.45) is 0 Å². The number of nitrogens with one attached hydrogen (secondary N) is 1. The molecule has 0 saturated carbocycles. The zero-order valence-corrected chi connectivity index (χ0v) is 60.8. The highest BCUT2D eigenvalue weighted by Gasteiger charge is 2.51. The Kier molecular flexibility index (Phi) is 60.2. The van der Waals surface area contributed by atoms with Gasteiger partial charge in [0.15, 0.2) is 12.6 Å². The maximum absolute atomic E-state index is 13.4. The van der Waals surface area contributed by atoms with E-state index in [1.807, 2.05) is 6.08 Å². The van der Waals surface area contributed by atoms with E-state index < -0.39 is 86.8 Å². The van der Waals surface area contributed by atoms with Crippen LogP contribution >= 0.6 is 0 Å². The molecule has 2 fully saturated rings. The van der Waals surface area contributed by atoms with E-state index in [0.29, 0.717) is 6.42 Å². The number of rotatable bonds is 63. The van der Waals surface area contributed by atoms with Crippen LogP contribution in [-0.2, 0) is 23.7 Å². The highest BCUT2D eigenvalue weighted by Crippen LogP contribution is 2.30. The number of allylic oxidation sites excluding steroid dienone is 21. The largest absolute Gasteiger partial charge is 0.394 e. The van der Waals surface area contributed by atoms with Crippen molar-refractivity contribution in [2.75, 3.05) is 19.8 Å². The van der Waals surface area contributed by atoms with Crippen molar-refractivity contribution >= 4 is 5.91 Å². The van der Waals surface area contributed by atoms with Crippen LogP contribution in [0.5, 0.6) is 0 Å². The summed E-state index contributed by atoms with van der Waals surface area (Å²) in [6, 6.07) is -0.941. The quantitative estimate of drug-likeness (QED) is 0.0204. The average Bonchev–Trinajstić information content (AvgIpc) is 0.793. The molecule has 0 bridgehead atoms. The molecule has 0 aromatic carbocycles. The average molecular weight is 1360 g/mol. The molecule has 0 aromatic rings. The van der Waals surface area contributed by atoms with Gasteiger partial charge in [-0.2, -0.15) is 0 Å². The van der Waals surface area contributed by atoms with Gasteiger partial charge in [0.1, 0.15) is 48.8 Å². The molecule has 2 saturated heterocycles. The van der Waals surface area contributed by atoms with E-state index in [1.54, 1.807) is 6.08 Å². The first kappa shape index (κ1) is 89.2. The first-order valence-electron chi connectivity index (χ1n) is 38.9. The molecular weight excluding hydrogens is 1220 g/mol. The summed E-state index contributed by atoms with van der Waals surface area (Å²) in [5.74, 6) is -0.266. The summed E-state index contributed by atoms with van der Waals surface area (Å²) in [6.45, 7) is 2.69. The lowest BCUT2D eigenvalue weighted by molar-refractivity contribution is -0.359. The molecule has 14 nitrogen and oxygen atoms in total. The van der Waals surface area contributed by atoms with Crippen LogP contribution < -0.4 is 5.32 Å². The van der Waals surface area contributed by atoms with Crippen LogP contribution in [0.25, 0.3) is 0 Å². The van der Waals surface area contributed by atoms with Gasteiger partial charge in [-0.3, -0.25) is 4.79 Å². The molecule has 2 rings (SSSR count). The molecule has 97 heavy (non-hydrogen) atoms. The molecular formula is C83H141NO13. The highest BCUT2D eigenvalue weighted by atomic mass is 16.7. The Morgan fingerprint density at radius 3 is 1.09 bits per heavy atom. The van der Waals surface area contributed by atoms with Crippen LogP contribution in [-0.4, -0.2) is 140 Å². The van der Waals surface area contributed by atoms with Gasteiger partial charge in [0, 0.05) is 6.42 Å². The van der Waals surface area contributed by atoms with E-state index >= 15 is 0 Å². The van der Waals surface area contributed by atoms with Crippen molar-refractivity contribution in [3.8, 4) is 0 Å². The number of unbranched alkanes of at least 4 members (excludes halogenated alkanes) is 30. The lowest BCUT2D eigenvalue weighted by Gasteiger charge is -2.46. The van der Waals surface area contributed by atoms with E-state index in [1.165, 1.54) is 154 Å². The molecule has 0 spiro atoms. The summed E-state index contributed by atoms with van der Waals surface area (Å²) in [7, 11) is 0. The highest BCUT2D eigenvalue weighted by molar-refractivity contribution is 5.76. The fourth-order valence-corrected chi connectivity index (χ4v) is 12.0. The third-order valence-electron chi connectivity index (χ3n) is 18.1. The van der Waals surface area contributed by atoms with Gasteiger partial charge in [-0.25, -0.2) is 0 Å². The summed E-state index contributed by atoms with van der Waals surface area (Å²) in [4.78, 5) is 13.4. The lowest BCUT2D eigenvalue weighted by atomic mass is 9.97. The minimum absolute atomic E-state index is 0.243. The SMILES string of the molecule is CC/C=C\C/C=C\C/C=C\C/C=C\C/C=C\C/C=C\C/C=C\C/C=C\C/C=C\C/C=C\CCCCCCC(=O)NC(COC1OC(CO)C(OC2OC(CO)C(O)C(O)C2O)C(O)C1O)C(O)/C=C/CCCCCCCCCCCCCCCCCCCCCCCCCCCC. The number of aliphatic hydroxyl groups is 8. The maximum atomic E-state index is 13.4. The molecule has 0 aromatic heterocycles. The number of aliphatic hydroxyl groups excluding tert-OH is 8. The van der Waals surface area contributed by atoms with Gasteiger partial charge in [-0.15, -0.1) is 0 Å². The third kappa shape index (κ3) is 48.6. The zero-order chi connectivity index (χ0) is 70.1. The molecule has 0 radical (unpaired) electrons. The summed E-state index contributed by atoms with van der Waals surface area (Å²) in [6.07, 6.45) is 80.8. The lowest BCUT2D eigenvalue weighted by Crippen LogP contribution is -2.65. The van der Waals surface area contributed by atoms with Crippen molar-refractivity contribution in [1.82, 2.24) is 5.32 Å². The van der Waals surface area contributed by atoms with Crippen molar-refractivity contribution in [1.29, 1.82) is 0 Å². The second-order valence-corrected chi connectivity index (χ2v) is 26.8. The third-order valence-corrected chi connectivity index (χ3v) is 18.1. The van der Waals surface area contributed by atoms with Gasteiger partial charge in [0.2, 0.25) is 5.91 Å². The Balaban J connectivity index is 1.68. The molecule has 556 valence electrons. The second kappa shape index (κ2) is 65.4. The first-order valence-corrected chi connectivity index (χ1v) is 38.9. The summed E-state index contributed by atoms with van der Waals surface area (Å²) < 4.78 is 22.9. The summed E-state index contributed by atoms with van der Waals surface area (Å²) in [5, 5.41) is 87.6. The van der Waals surface area contributed by atoms with Crippen LogP contribution in [0, 0.1) is 0 Å². The predicted octanol–water partition coefficient (Wildman–Crippen LogP) is 17.4. The minimum atomic E-state index is -1.80. The Morgan fingerprint density at radius 2 is 0.711 bits per heavy atom. The van der Waals surface area contributed by atoms with Crippen LogP contribution in [0.4, 0.5) is 0 Å². The number of hydrogen-bond donors (Lipinski definition) is 9. The van der Waals surface area contributed by atoms with Gasteiger partial charge in [-0.05, 0) is 96.3 Å². The minimum Gasteiger partial charge on any atom is -0.394 e. The van der Waals surface area contributed by atoms with Gasteiger partial charge in [0.05, 0.1) is 32.0 Å². The predicted molar refractivity (Wildman–Crippen MR) is 401 cm³/mol. The summed E-state index contributed by atoms with van der Waals surface area (Å²) >= 11 is 0. The Labute approximate surface area is 590 Å². The number of amides is 1. The van der Waals surface area contributed by atoms with Crippen LogP contribution in [0.3, 0.4) is 0 Å². The zero-order valence-electron chi connectivity index (χ0n) is 60.8. The molecule has 9 N–H and O–H groups in total. The Morgan fingerprint density at radius 1 is 0.381 bits per heavy atom. The van der Waals surface area contributed by atoms with Gasteiger partial charge >= 0.3 is 0 Å². The fourth-order valence-electron chi connectivity index (χ4n) is 12.0. The smallest absolute Gasteiger partial charge is 0.220 e. The van der Waals surface area contributed by atoms with E-state index in [-0.39, 0.29) is 18.9 Å². The Hall–Kier alpha value is -3.87. The molecule has 2 aliphatic heterocycles. The van der Waals surface area contributed by atoms with E-state index in [0.717, 1.165) is 109 Å². The first-order chi connectivity index (χ1) is 47.6. The number of carbonyl (C=O) groups is 1. The van der Waals surface area contributed by atoms with Crippen LogP contribution in [0.15, 0.2) is 134 Å². The number of ether oxygens (including phenoxy) is 4. The van der Waals surface area contributed by atoms with Crippen molar-refractivity contribution in [2.45, 2.75) is 364 Å². The number of hydrogen-bond acceptors (Lipinski definition) is 13. The van der Waals surface area contributed by atoms with E-state index in [9.17, 15) is 45.6 Å².